The highest BCUT2D eigenvalue weighted by atomic mass is 32.2. The molecule has 0 radical (unpaired) electrons. The molecule has 14 heteroatoms. The minimum Gasteiger partial charge on any atom is -0.431 e. The first-order chi connectivity index (χ1) is 17.3. The molecule has 3 heterocycles. The minimum atomic E-state index is -1.15. The Hall–Kier alpha value is -2.32. The second-order valence-electron chi connectivity index (χ2n) is 9.18. The van der Waals surface area contributed by atoms with E-state index in [1.807, 2.05) is 19.0 Å². The number of likely N-dealkylation sites (N-methyl/N-ethyl adjacent to an activating group) is 1. The van der Waals surface area contributed by atoms with Crippen LogP contribution in [0.4, 0.5) is 4.79 Å². The van der Waals surface area contributed by atoms with Gasteiger partial charge in [-0.25, -0.2) is 14.3 Å². The molecule has 0 N–H and O–H groups in total. The molecule has 1 aliphatic carbocycles. The molecular formula is C22H32N6O6S2. The first kappa shape index (κ1) is 26.7. The van der Waals surface area contributed by atoms with Crippen LogP contribution in [-0.2, 0) is 30.3 Å². The van der Waals surface area contributed by atoms with E-state index >= 15 is 0 Å². The summed E-state index contributed by atoms with van der Waals surface area (Å²) >= 11 is 3.00. The Morgan fingerprint density at radius 2 is 2.00 bits per heavy atom. The van der Waals surface area contributed by atoms with Crippen molar-refractivity contribution in [3.8, 4) is 0 Å². The molecule has 1 aromatic rings. The third-order valence-corrected chi connectivity index (χ3v) is 8.43. The van der Waals surface area contributed by atoms with E-state index in [9.17, 15) is 14.4 Å². The van der Waals surface area contributed by atoms with Crippen molar-refractivity contribution in [1.29, 1.82) is 0 Å². The molecule has 1 aromatic heterocycles. The van der Waals surface area contributed by atoms with E-state index < -0.39 is 18.4 Å². The van der Waals surface area contributed by atoms with Gasteiger partial charge in [0.2, 0.25) is 17.4 Å². The fourth-order valence-corrected chi connectivity index (χ4v) is 6.48. The molecule has 2 fully saturated rings. The Labute approximate surface area is 218 Å². The first-order valence-corrected chi connectivity index (χ1v) is 14.1. The lowest BCUT2D eigenvalue weighted by Gasteiger charge is -2.44. The number of aromatic nitrogens is 4. The number of carbonyl (C=O) groups is 3. The van der Waals surface area contributed by atoms with Gasteiger partial charge in [-0.3, -0.25) is 9.69 Å². The van der Waals surface area contributed by atoms with Crippen LogP contribution < -0.4 is 0 Å². The fraction of sp³-hybridized carbons (Fsp3) is 0.727. The zero-order valence-corrected chi connectivity index (χ0v) is 22.4. The second-order valence-corrected chi connectivity index (χ2v) is 11.3. The van der Waals surface area contributed by atoms with Gasteiger partial charge >= 0.3 is 12.1 Å². The van der Waals surface area contributed by atoms with Crippen molar-refractivity contribution in [3.05, 3.63) is 11.3 Å². The van der Waals surface area contributed by atoms with Gasteiger partial charge in [-0.05, 0) is 55.8 Å². The molecule has 36 heavy (non-hydrogen) atoms. The molecule has 1 saturated carbocycles. The van der Waals surface area contributed by atoms with Crippen LogP contribution in [0.25, 0.3) is 0 Å². The monoisotopic (exact) mass is 540 g/mol. The Morgan fingerprint density at radius 3 is 2.72 bits per heavy atom. The molecule has 1 saturated heterocycles. The van der Waals surface area contributed by atoms with E-state index in [4.69, 9.17) is 14.2 Å². The quantitative estimate of drug-likeness (QED) is 0.187. The van der Waals surface area contributed by atoms with Crippen LogP contribution in [0, 0.1) is 0 Å². The van der Waals surface area contributed by atoms with Crippen molar-refractivity contribution in [2.75, 3.05) is 32.1 Å². The van der Waals surface area contributed by atoms with Crippen molar-refractivity contribution in [2.24, 2.45) is 0 Å². The maximum absolute atomic E-state index is 13.2. The molecule has 12 nitrogen and oxygen atoms in total. The van der Waals surface area contributed by atoms with Gasteiger partial charge in [0.1, 0.15) is 11.8 Å². The number of fused-ring (bicyclic) bond motifs is 1. The minimum absolute atomic E-state index is 0.0910. The largest absolute Gasteiger partial charge is 0.511 e. The predicted octanol–water partition coefficient (Wildman–Crippen LogP) is 2.26. The molecular weight excluding hydrogens is 508 g/mol. The number of hydrogen-bond acceptors (Lipinski definition) is 12. The molecule has 0 bridgehead atoms. The summed E-state index contributed by atoms with van der Waals surface area (Å²) in [5.74, 6) is 0.149. The molecule has 0 spiro atoms. The third kappa shape index (κ3) is 6.71. The van der Waals surface area contributed by atoms with Gasteiger partial charge in [0.05, 0.1) is 18.3 Å². The number of tetrazole rings is 1. The average Bonchev–Trinajstić information content (AvgIpc) is 3.28. The van der Waals surface area contributed by atoms with Gasteiger partial charge in [-0.15, -0.1) is 16.9 Å². The van der Waals surface area contributed by atoms with Gasteiger partial charge in [0.25, 0.3) is 0 Å². The third-order valence-electron chi connectivity index (χ3n) is 6.11. The number of β-lactam (4-membered cyclic amide) rings is 1. The maximum Gasteiger partial charge on any atom is 0.511 e. The molecule has 1 unspecified atom stereocenters. The molecule has 2 aliphatic heterocycles. The summed E-state index contributed by atoms with van der Waals surface area (Å²) in [6.45, 7) is 2.87. The van der Waals surface area contributed by atoms with E-state index in [-0.39, 0.29) is 23.1 Å². The van der Waals surface area contributed by atoms with Crippen molar-refractivity contribution in [1.82, 2.24) is 30.0 Å². The normalized spacial score (nSPS) is 21.2. The number of thioether (sulfide) groups is 2. The number of amides is 1. The van der Waals surface area contributed by atoms with E-state index in [0.29, 0.717) is 29.6 Å². The molecule has 4 rings (SSSR count). The SMILES string of the molecule is CC(OC(=O)OC1CCCCC1)OC(=O)C1=C(CSc2nnnn2CCN(C)C)CS[C@@H]2CC(=O)N12. The first-order valence-electron chi connectivity index (χ1n) is 12.1. The fourth-order valence-electron chi connectivity index (χ4n) is 4.18. The molecule has 198 valence electrons. The summed E-state index contributed by atoms with van der Waals surface area (Å²) in [5.41, 5.74) is 0.962. The Bertz CT molecular complexity index is 995. The van der Waals surface area contributed by atoms with Crippen LogP contribution in [0.5, 0.6) is 0 Å². The van der Waals surface area contributed by atoms with E-state index in [1.54, 1.807) is 16.4 Å². The summed E-state index contributed by atoms with van der Waals surface area (Å²) < 4.78 is 17.6. The van der Waals surface area contributed by atoms with Crippen molar-refractivity contribution >= 4 is 41.6 Å². The predicted molar refractivity (Wildman–Crippen MR) is 132 cm³/mol. The number of rotatable bonds is 10. The Balaban J connectivity index is 1.39. The lowest BCUT2D eigenvalue weighted by molar-refractivity contribution is -0.169. The van der Waals surface area contributed by atoms with Crippen LogP contribution in [0.1, 0.15) is 45.4 Å². The zero-order chi connectivity index (χ0) is 25.7. The van der Waals surface area contributed by atoms with E-state index in [0.717, 1.165) is 44.2 Å². The maximum atomic E-state index is 13.2. The summed E-state index contributed by atoms with van der Waals surface area (Å²) in [4.78, 5) is 41.2. The molecule has 0 aromatic carbocycles. The smallest absolute Gasteiger partial charge is 0.431 e. The van der Waals surface area contributed by atoms with Gasteiger partial charge in [0, 0.05) is 25.0 Å². The highest BCUT2D eigenvalue weighted by Crippen LogP contribution is 2.41. The highest BCUT2D eigenvalue weighted by Gasteiger charge is 2.46. The lowest BCUT2D eigenvalue weighted by atomic mass is 9.98. The van der Waals surface area contributed by atoms with Crippen LogP contribution in [0.2, 0.25) is 0 Å². The van der Waals surface area contributed by atoms with E-state index in [1.165, 1.54) is 23.6 Å². The van der Waals surface area contributed by atoms with Gasteiger partial charge in [-0.2, -0.15) is 0 Å². The summed E-state index contributed by atoms with van der Waals surface area (Å²) in [7, 11) is 3.94. The Kier molecular flexibility index (Phi) is 9.12. The second kappa shape index (κ2) is 12.3. The molecule has 1 amide bonds. The van der Waals surface area contributed by atoms with Gasteiger partial charge in [-0.1, -0.05) is 18.2 Å². The van der Waals surface area contributed by atoms with Crippen LogP contribution in [-0.4, -0.2) is 98.0 Å². The highest BCUT2D eigenvalue weighted by molar-refractivity contribution is 8.00. The van der Waals surface area contributed by atoms with Crippen molar-refractivity contribution < 1.29 is 28.6 Å². The molecule has 3 aliphatic rings. The van der Waals surface area contributed by atoms with E-state index in [2.05, 4.69) is 15.5 Å². The van der Waals surface area contributed by atoms with Crippen LogP contribution in [0.3, 0.4) is 0 Å². The number of esters is 1. The van der Waals surface area contributed by atoms with Gasteiger partial charge in [0.15, 0.2) is 0 Å². The zero-order valence-electron chi connectivity index (χ0n) is 20.8. The number of carbonyl (C=O) groups excluding carboxylic acids is 3. The average molecular weight is 541 g/mol. The number of ether oxygens (including phenoxy) is 3. The van der Waals surface area contributed by atoms with Gasteiger partial charge < -0.3 is 19.1 Å². The topological polar surface area (TPSA) is 129 Å². The molecule has 2 atom stereocenters. The van der Waals surface area contributed by atoms with Crippen LogP contribution in [0.15, 0.2) is 16.4 Å². The number of hydrogen-bond donors (Lipinski definition) is 0. The summed E-state index contributed by atoms with van der Waals surface area (Å²) in [6.07, 6.45) is 3.00. The summed E-state index contributed by atoms with van der Waals surface area (Å²) in [5, 5.41) is 12.4. The lowest BCUT2D eigenvalue weighted by Crippen LogP contribution is -2.54. The Morgan fingerprint density at radius 1 is 1.22 bits per heavy atom. The van der Waals surface area contributed by atoms with Crippen LogP contribution >= 0.6 is 23.5 Å². The summed E-state index contributed by atoms with van der Waals surface area (Å²) in [6, 6.07) is 0. The van der Waals surface area contributed by atoms with Crippen molar-refractivity contribution in [2.45, 2.75) is 74.9 Å². The number of nitrogens with zero attached hydrogens (tertiary/aromatic N) is 6. The van der Waals surface area contributed by atoms with Crippen molar-refractivity contribution in [3.63, 3.8) is 0 Å². The standard InChI is InChI=1S/C22H32N6O6S2/c1-14(33-22(31)34-16-7-5-4-6-8-16)32-20(30)19-15(12-35-18-11-17(29)28(18)19)13-36-21-23-24-25-27(21)10-9-26(2)3/h14,16,18H,4-13H2,1-3H3/t14?,18-/m1/s1.